The van der Waals surface area contributed by atoms with Gasteiger partial charge >= 0.3 is 0 Å². The average molecular weight is 255 g/mol. The van der Waals surface area contributed by atoms with Crippen LogP contribution in [-0.4, -0.2) is 28.5 Å². The zero-order chi connectivity index (χ0) is 13.1. The molecule has 3 N–H and O–H groups in total. The molecule has 1 atom stereocenters. The lowest BCUT2D eigenvalue weighted by Crippen LogP contribution is -2.40. The minimum atomic E-state index is -0.593. The normalized spacial score (nSPS) is 21.4. The molecule has 0 saturated carbocycles. The molecule has 0 aromatic heterocycles. The molecule has 0 radical (unpaired) electrons. The number of oxime groups is 1. The number of nitrogens with zero attached hydrogens (tertiary/aromatic N) is 2. The van der Waals surface area contributed by atoms with Gasteiger partial charge in [0, 0.05) is 12.6 Å². The third kappa shape index (κ3) is 2.76. The summed E-state index contributed by atoms with van der Waals surface area (Å²) in [4.78, 5) is 1.95. The fraction of sp³-hybridized carbons (Fsp3) is 0.417. The van der Waals surface area contributed by atoms with E-state index in [9.17, 15) is 8.78 Å². The SMILES string of the molecule is N/C(=N/O)C1CCCN1Cc1cc(F)cc(F)c1. The first kappa shape index (κ1) is 12.8. The van der Waals surface area contributed by atoms with Gasteiger partial charge in [0.15, 0.2) is 5.84 Å². The summed E-state index contributed by atoms with van der Waals surface area (Å²) in [5, 5.41) is 11.7. The summed E-state index contributed by atoms with van der Waals surface area (Å²) >= 11 is 0. The Labute approximate surface area is 104 Å². The number of nitrogens with two attached hydrogens (primary N) is 1. The largest absolute Gasteiger partial charge is 0.409 e. The van der Waals surface area contributed by atoms with Gasteiger partial charge in [-0.1, -0.05) is 5.16 Å². The summed E-state index contributed by atoms with van der Waals surface area (Å²) in [6.45, 7) is 1.15. The highest BCUT2D eigenvalue weighted by Crippen LogP contribution is 2.21. The van der Waals surface area contributed by atoms with E-state index in [1.165, 1.54) is 12.1 Å². The van der Waals surface area contributed by atoms with E-state index < -0.39 is 11.6 Å². The molecule has 1 unspecified atom stereocenters. The molecule has 1 aliphatic rings. The van der Waals surface area contributed by atoms with Crippen LogP contribution in [0.1, 0.15) is 18.4 Å². The second kappa shape index (κ2) is 5.30. The smallest absolute Gasteiger partial charge is 0.156 e. The summed E-state index contributed by atoms with van der Waals surface area (Å²) in [6, 6.07) is 3.27. The van der Waals surface area contributed by atoms with Gasteiger partial charge in [-0.3, -0.25) is 4.90 Å². The Morgan fingerprint density at radius 1 is 1.39 bits per heavy atom. The van der Waals surface area contributed by atoms with Crippen molar-refractivity contribution in [3.8, 4) is 0 Å². The highest BCUT2D eigenvalue weighted by atomic mass is 19.1. The van der Waals surface area contributed by atoms with Crippen LogP contribution in [0.4, 0.5) is 8.78 Å². The number of hydrogen-bond acceptors (Lipinski definition) is 3. The van der Waals surface area contributed by atoms with Crippen LogP contribution in [0.2, 0.25) is 0 Å². The molecule has 1 aromatic rings. The number of hydrogen-bond donors (Lipinski definition) is 2. The van der Waals surface area contributed by atoms with Gasteiger partial charge in [0.1, 0.15) is 11.6 Å². The molecule has 0 spiro atoms. The van der Waals surface area contributed by atoms with Crippen molar-refractivity contribution in [2.45, 2.75) is 25.4 Å². The fourth-order valence-electron chi connectivity index (χ4n) is 2.35. The summed E-state index contributed by atoms with van der Waals surface area (Å²) in [5.74, 6) is -1.04. The van der Waals surface area contributed by atoms with Crippen molar-refractivity contribution < 1.29 is 14.0 Å². The molecule has 18 heavy (non-hydrogen) atoms. The maximum absolute atomic E-state index is 13.1. The maximum Gasteiger partial charge on any atom is 0.156 e. The van der Waals surface area contributed by atoms with Crippen LogP contribution < -0.4 is 5.73 Å². The Bertz CT molecular complexity index is 444. The molecule has 0 bridgehead atoms. The summed E-state index contributed by atoms with van der Waals surface area (Å²) in [7, 11) is 0. The van der Waals surface area contributed by atoms with Gasteiger partial charge < -0.3 is 10.9 Å². The van der Waals surface area contributed by atoms with Crippen molar-refractivity contribution >= 4 is 5.84 Å². The summed E-state index contributed by atoms with van der Waals surface area (Å²) in [6.07, 6.45) is 1.70. The van der Waals surface area contributed by atoms with Gasteiger partial charge in [0.05, 0.1) is 6.04 Å². The van der Waals surface area contributed by atoms with Crippen molar-refractivity contribution in [2.24, 2.45) is 10.9 Å². The van der Waals surface area contributed by atoms with E-state index in [1.54, 1.807) is 0 Å². The quantitative estimate of drug-likeness (QED) is 0.374. The first-order valence-electron chi connectivity index (χ1n) is 5.76. The van der Waals surface area contributed by atoms with Gasteiger partial charge in [-0.15, -0.1) is 0 Å². The number of amidine groups is 1. The van der Waals surface area contributed by atoms with E-state index in [0.717, 1.165) is 25.5 Å². The zero-order valence-electron chi connectivity index (χ0n) is 9.81. The maximum atomic E-state index is 13.1. The number of halogens is 2. The van der Waals surface area contributed by atoms with E-state index in [1.807, 2.05) is 4.90 Å². The topological polar surface area (TPSA) is 61.9 Å². The third-order valence-electron chi connectivity index (χ3n) is 3.13. The highest BCUT2D eigenvalue weighted by molar-refractivity contribution is 5.85. The lowest BCUT2D eigenvalue weighted by atomic mass is 10.1. The number of likely N-dealkylation sites (tertiary alicyclic amines) is 1. The van der Waals surface area contributed by atoms with Crippen molar-refractivity contribution in [3.05, 3.63) is 35.4 Å². The van der Waals surface area contributed by atoms with E-state index in [-0.39, 0.29) is 11.9 Å². The van der Waals surface area contributed by atoms with Gasteiger partial charge in [0.2, 0.25) is 0 Å². The van der Waals surface area contributed by atoms with Crippen molar-refractivity contribution in [1.29, 1.82) is 0 Å². The van der Waals surface area contributed by atoms with Gasteiger partial charge in [-0.25, -0.2) is 8.78 Å². The zero-order valence-corrected chi connectivity index (χ0v) is 9.81. The molecule has 0 aliphatic carbocycles. The van der Waals surface area contributed by atoms with Crippen molar-refractivity contribution in [3.63, 3.8) is 0 Å². The molecule has 1 aliphatic heterocycles. The van der Waals surface area contributed by atoms with Crippen LogP contribution in [0.5, 0.6) is 0 Å². The van der Waals surface area contributed by atoms with E-state index in [2.05, 4.69) is 5.16 Å². The van der Waals surface area contributed by atoms with Crippen LogP contribution in [0.3, 0.4) is 0 Å². The molecule has 1 heterocycles. The van der Waals surface area contributed by atoms with Gasteiger partial charge in [0.25, 0.3) is 0 Å². The number of benzene rings is 1. The van der Waals surface area contributed by atoms with E-state index in [0.29, 0.717) is 12.1 Å². The Kier molecular flexibility index (Phi) is 3.76. The van der Waals surface area contributed by atoms with Crippen LogP contribution in [0.15, 0.2) is 23.4 Å². The molecular formula is C12H15F2N3O. The summed E-state index contributed by atoms with van der Waals surface area (Å²) in [5.41, 5.74) is 6.14. The Morgan fingerprint density at radius 3 is 2.67 bits per heavy atom. The highest BCUT2D eigenvalue weighted by Gasteiger charge is 2.28. The second-order valence-electron chi connectivity index (χ2n) is 4.43. The minimum absolute atomic E-state index is 0.143. The molecule has 2 rings (SSSR count). The first-order valence-corrected chi connectivity index (χ1v) is 5.76. The minimum Gasteiger partial charge on any atom is -0.409 e. The standard InChI is InChI=1S/C12H15F2N3O/c13-9-4-8(5-10(14)6-9)7-17-3-1-2-11(17)12(15)16-18/h4-6,11,18H,1-3,7H2,(H2,15,16). The lowest BCUT2D eigenvalue weighted by molar-refractivity contribution is 0.274. The first-order chi connectivity index (χ1) is 8.60. The monoisotopic (exact) mass is 255 g/mol. The molecule has 6 heteroatoms. The Morgan fingerprint density at radius 2 is 2.06 bits per heavy atom. The van der Waals surface area contributed by atoms with E-state index in [4.69, 9.17) is 10.9 Å². The Hall–Kier alpha value is -1.69. The Balaban J connectivity index is 2.13. The molecule has 98 valence electrons. The molecule has 1 saturated heterocycles. The van der Waals surface area contributed by atoms with Crippen LogP contribution in [-0.2, 0) is 6.54 Å². The average Bonchev–Trinajstić information content (AvgIpc) is 2.74. The molecule has 4 nitrogen and oxygen atoms in total. The fourth-order valence-corrected chi connectivity index (χ4v) is 2.35. The number of rotatable bonds is 3. The molecule has 1 aromatic carbocycles. The van der Waals surface area contributed by atoms with Crippen LogP contribution in [0.25, 0.3) is 0 Å². The second-order valence-corrected chi connectivity index (χ2v) is 4.43. The van der Waals surface area contributed by atoms with Gasteiger partial charge in [-0.2, -0.15) is 0 Å². The molecular weight excluding hydrogens is 240 g/mol. The van der Waals surface area contributed by atoms with Crippen LogP contribution >= 0.6 is 0 Å². The van der Waals surface area contributed by atoms with E-state index >= 15 is 0 Å². The van der Waals surface area contributed by atoms with Crippen LogP contribution in [0, 0.1) is 11.6 Å². The van der Waals surface area contributed by atoms with Crippen molar-refractivity contribution in [2.75, 3.05) is 6.54 Å². The lowest BCUT2D eigenvalue weighted by Gasteiger charge is -2.23. The predicted octanol–water partition coefficient (Wildman–Crippen LogP) is 1.68. The predicted molar refractivity (Wildman–Crippen MR) is 63.2 cm³/mol. The summed E-state index contributed by atoms with van der Waals surface area (Å²) < 4.78 is 26.2. The molecule has 1 fully saturated rings. The van der Waals surface area contributed by atoms with Crippen molar-refractivity contribution in [1.82, 2.24) is 4.90 Å². The van der Waals surface area contributed by atoms with Gasteiger partial charge in [-0.05, 0) is 37.1 Å². The molecule has 0 amide bonds. The third-order valence-corrected chi connectivity index (χ3v) is 3.13.